The van der Waals surface area contributed by atoms with Crippen LogP contribution in [-0.4, -0.2) is 33.4 Å². The minimum Gasteiger partial charge on any atom is -0.494 e. The molecule has 0 bridgehead atoms. The van der Waals surface area contributed by atoms with E-state index in [4.69, 9.17) is 9.47 Å². The van der Waals surface area contributed by atoms with Crippen molar-refractivity contribution in [2.24, 2.45) is 5.92 Å². The SMILES string of the molecule is COc1ccc(CCOCCNCC(C)C)cc1F. The van der Waals surface area contributed by atoms with Crippen molar-refractivity contribution in [1.82, 2.24) is 5.32 Å². The van der Waals surface area contributed by atoms with Crippen LogP contribution in [0.15, 0.2) is 18.2 Å². The Balaban J connectivity index is 2.14. The summed E-state index contributed by atoms with van der Waals surface area (Å²) in [7, 11) is 1.46. The molecule has 0 aliphatic rings. The maximum absolute atomic E-state index is 13.4. The van der Waals surface area contributed by atoms with Gasteiger partial charge < -0.3 is 14.8 Å². The zero-order chi connectivity index (χ0) is 14.1. The van der Waals surface area contributed by atoms with Crippen molar-refractivity contribution in [3.05, 3.63) is 29.6 Å². The lowest BCUT2D eigenvalue weighted by Gasteiger charge is -2.08. The Hall–Kier alpha value is -1.13. The van der Waals surface area contributed by atoms with Crippen molar-refractivity contribution in [1.29, 1.82) is 0 Å². The second-order valence-electron chi connectivity index (χ2n) is 4.93. The van der Waals surface area contributed by atoms with Gasteiger partial charge in [-0.25, -0.2) is 4.39 Å². The number of halogens is 1. The second-order valence-corrected chi connectivity index (χ2v) is 4.93. The van der Waals surface area contributed by atoms with Crippen LogP contribution < -0.4 is 10.1 Å². The topological polar surface area (TPSA) is 30.5 Å². The quantitative estimate of drug-likeness (QED) is 0.699. The fourth-order valence-corrected chi connectivity index (χ4v) is 1.69. The molecule has 1 aromatic rings. The average Bonchev–Trinajstić information content (AvgIpc) is 2.37. The van der Waals surface area contributed by atoms with Gasteiger partial charge in [0.2, 0.25) is 0 Å². The van der Waals surface area contributed by atoms with E-state index in [0.717, 1.165) is 18.7 Å². The number of ether oxygens (including phenoxy) is 2. The third-order valence-electron chi connectivity index (χ3n) is 2.73. The van der Waals surface area contributed by atoms with Gasteiger partial charge in [-0.05, 0) is 36.6 Å². The van der Waals surface area contributed by atoms with E-state index in [1.54, 1.807) is 6.07 Å². The predicted octanol–water partition coefficient (Wildman–Crippen LogP) is 2.64. The van der Waals surface area contributed by atoms with E-state index in [2.05, 4.69) is 19.2 Å². The number of hydrogen-bond acceptors (Lipinski definition) is 3. The Bertz CT molecular complexity index is 369. The molecule has 19 heavy (non-hydrogen) atoms. The molecule has 0 heterocycles. The standard InChI is InChI=1S/C15H24FNO2/c1-12(2)11-17-7-9-19-8-6-13-4-5-15(18-3)14(16)10-13/h4-5,10,12,17H,6-9,11H2,1-3H3. The molecular formula is C15H24FNO2. The highest BCUT2D eigenvalue weighted by Crippen LogP contribution is 2.17. The Morgan fingerprint density at radius 1 is 1.26 bits per heavy atom. The van der Waals surface area contributed by atoms with Crippen LogP contribution >= 0.6 is 0 Å². The molecule has 0 spiro atoms. The van der Waals surface area contributed by atoms with Gasteiger partial charge in [-0.15, -0.1) is 0 Å². The van der Waals surface area contributed by atoms with E-state index in [9.17, 15) is 4.39 Å². The minimum absolute atomic E-state index is 0.280. The number of rotatable bonds is 9. The van der Waals surface area contributed by atoms with E-state index in [1.165, 1.54) is 13.2 Å². The summed E-state index contributed by atoms with van der Waals surface area (Å²) in [5.74, 6) is 0.614. The van der Waals surface area contributed by atoms with Crippen LogP contribution in [0.4, 0.5) is 4.39 Å². The molecule has 0 fully saturated rings. The van der Waals surface area contributed by atoms with Crippen LogP contribution in [-0.2, 0) is 11.2 Å². The predicted molar refractivity (Wildman–Crippen MR) is 75.2 cm³/mol. The maximum atomic E-state index is 13.4. The molecule has 0 unspecified atom stereocenters. The third-order valence-corrected chi connectivity index (χ3v) is 2.73. The number of methoxy groups -OCH3 is 1. The largest absolute Gasteiger partial charge is 0.494 e. The van der Waals surface area contributed by atoms with E-state index < -0.39 is 0 Å². The third kappa shape index (κ3) is 6.55. The van der Waals surface area contributed by atoms with Gasteiger partial charge in [-0.2, -0.15) is 0 Å². The molecule has 0 amide bonds. The van der Waals surface area contributed by atoms with E-state index in [1.807, 2.05) is 6.07 Å². The van der Waals surface area contributed by atoms with Crippen molar-refractivity contribution in [3.8, 4) is 5.75 Å². The van der Waals surface area contributed by atoms with Crippen LogP contribution in [0.5, 0.6) is 5.75 Å². The summed E-state index contributed by atoms with van der Waals surface area (Å²) in [6.45, 7) is 7.50. The van der Waals surface area contributed by atoms with Gasteiger partial charge in [0.1, 0.15) is 0 Å². The molecule has 4 heteroatoms. The lowest BCUT2D eigenvalue weighted by molar-refractivity contribution is 0.138. The number of nitrogens with one attached hydrogen (secondary N) is 1. The Morgan fingerprint density at radius 3 is 2.68 bits per heavy atom. The van der Waals surface area contributed by atoms with Crippen molar-refractivity contribution >= 4 is 0 Å². The van der Waals surface area contributed by atoms with Crippen LogP contribution in [0, 0.1) is 11.7 Å². The van der Waals surface area contributed by atoms with E-state index in [0.29, 0.717) is 25.6 Å². The van der Waals surface area contributed by atoms with Crippen LogP contribution in [0.3, 0.4) is 0 Å². The first kappa shape index (κ1) is 15.9. The van der Waals surface area contributed by atoms with Crippen molar-refractivity contribution in [2.45, 2.75) is 20.3 Å². The summed E-state index contributed by atoms with van der Waals surface area (Å²) in [4.78, 5) is 0. The van der Waals surface area contributed by atoms with Gasteiger partial charge in [0.05, 0.1) is 20.3 Å². The first-order valence-corrected chi connectivity index (χ1v) is 6.74. The van der Waals surface area contributed by atoms with Crippen molar-refractivity contribution in [2.75, 3.05) is 33.4 Å². The van der Waals surface area contributed by atoms with Crippen LogP contribution in [0.25, 0.3) is 0 Å². The van der Waals surface area contributed by atoms with Crippen molar-refractivity contribution in [3.63, 3.8) is 0 Å². The minimum atomic E-state index is -0.321. The van der Waals surface area contributed by atoms with Crippen LogP contribution in [0.2, 0.25) is 0 Å². The summed E-state index contributed by atoms with van der Waals surface area (Å²) in [5, 5.41) is 3.31. The zero-order valence-electron chi connectivity index (χ0n) is 12.0. The normalized spacial score (nSPS) is 11.0. The summed E-state index contributed by atoms with van der Waals surface area (Å²) in [6, 6.07) is 5.01. The molecule has 1 rings (SSSR count). The highest BCUT2D eigenvalue weighted by Gasteiger charge is 2.03. The molecule has 108 valence electrons. The number of benzene rings is 1. The summed E-state index contributed by atoms with van der Waals surface area (Å²) in [6.07, 6.45) is 0.713. The van der Waals surface area contributed by atoms with Gasteiger partial charge >= 0.3 is 0 Å². The number of hydrogen-bond donors (Lipinski definition) is 1. The fraction of sp³-hybridized carbons (Fsp3) is 0.600. The summed E-state index contributed by atoms with van der Waals surface area (Å²) >= 11 is 0. The Kier molecular flexibility index (Phi) is 7.45. The molecule has 1 aromatic carbocycles. The molecule has 0 aromatic heterocycles. The molecule has 0 aliphatic carbocycles. The van der Waals surface area contributed by atoms with Crippen LogP contribution in [0.1, 0.15) is 19.4 Å². The van der Waals surface area contributed by atoms with Gasteiger partial charge in [0.25, 0.3) is 0 Å². The molecule has 0 saturated carbocycles. The molecule has 0 radical (unpaired) electrons. The first-order valence-electron chi connectivity index (χ1n) is 6.74. The zero-order valence-corrected chi connectivity index (χ0v) is 12.0. The molecule has 0 aliphatic heterocycles. The summed E-state index contributed by atoms with van der Waals surface area (Å²) < 4.78 is 23.8. The Morgan fingerprint density at radius 2 is 2.05 bits per heavy atom. The van der Waals surface area contributed by atoms with Gasteiger partial charge in [0, 0.05) is 6.54 Å². The fourth-order valence-electron chi connectivity index (χ4n) is 1.69. The monoisotopic (exact) mass is 269 g/mol. The van der Waals surface area contributed by atoms with Gasteiger partial charge in [-0.3, -0.25) is 0 Å². The van der Waals surface area contributed by atoms with E-state index >= 15 is 0 Å². The molecule has 3 nitrogen and oxygen atoms in total. The van der Waals surface area contributed by atoms with Crippen molar-refractivity contribution < 1.29 is 13.9 Å². The van der Waals surface area contributed by atoms with Gasteiger partial charge in [0.15, 0.2) is 11.6 Å². The first-order chi connectivity index (χ1) is 9.13. The highest BCUT2D eigenvalue weighted by molar-refractivity contribution is 5.29. The lowest BCUT2D eigenvalue weighted by atomic mass is 10.1. The van der Waals surface area contributed by atoms with E-state index in [-0.39, 0.29) is 11.6 Å². The molecule has 0 atom stereocenters. The average molecular weight is 269 g/mol. The van der Waals surface area contributed by atoms with Gasteiger partial charge in [-0.1, -0.05) is 19.9 Å². The summed E-state index contributed by atoms with van der Waals surface area (Å²) in [5.41, 5.74) is 0.924. The molecule has 1 N–H and O–H groups in total. The second kappa shape index (κ2) is 8.88. The molecular weight excluding hydrogens is 245 g/mol. The highest BCUT2D eigenvalue weighted by atomic mass is 19.1. The lowest BCUT2D eigenvalue weighted by Crippen LogP contribution is -2.24. The Labute approximate surface area is 115 Å². The smallest absolute Gasteiger partial charge is 0.165 e. The molecule has 0 saturated heterocycles. The maximum Gasteiger partial charge on any atom is 0.165 e.